The number of hydrogen-bond donors (Lipinski definition) is 2. The van der Waals surface area contributed by atoms with Crippen LogP contribution in [0.1, 0.15) is 11.4 Å². The van der Waals surface area contributed by atoms with Gasteiger partial charge in [0.15, 0.2) is 0 Å². The molecule has 0 unspecified atom stereocenters. The summed E-state index contributed by atoms with van der Waals surface area (Å²) in [6.45, 7) is 0.408. The molecule has 1 aromatic heterocycles. The smallest absolute Gasteiger partial charge is 0.244 e. The molecule has 0 aliphatic rings. The van der Waals surface area contributed by atoms with Crippen LogP contribution in [0.5, 0.6) is 0 Å². The number of H-pyrrole nitrogens is 1. The van der Waals surface area contributed by atoms with Crippen LogP contribution in [0, 0.1) is 0 Å². The molecule has 0 atom stereocenters. The van der Waals surface area contributed by atoms with Gasteiger partial charge in [0.05, 0.1) is 6.54 Å². The molecule has 0 fully saturated rings. The molecule has 2 rings (SSSR count). The van der Waals surface area contributed by atoms with Gasteiger partial charge in [0.1, 0.15) is 5.82 Å². The normalized spacial score (nSPS) is 10.6. The number of aromatic amines is 1. The van der Waals surface area contributed by atoms with E-state index in [0.717, 1.165) is 11.4 Å². The Balaban J connectivity index is 1.83. The quantitative estimate of drug-likeness (QED) is 0.782. The third-order valence-electron chi connectivity index (χ3n) is 2.21. The molecular formula is C13H13N3O. The molecule has 4 nitrogen and oxygen atoms in total. The van der Waals surface area contributed by atoms with E-state index in [2.05, 4.69) is 15.3 Å². The number of imidazole rings is 1. The van der Waals surface area contributed by atoms with Crippen molar-refractivity contribution in [3.8, 4) is 0 Å². The first-order valence-electron chi connectivity index (χ1n) is 5.34. The molecule has 0 bridgehead atoms. The van der Waals surface area contributed by atoms with E-state index in [1.165, 1.54) is 6.08 Å². The van der Waals surface area contributed by atoms with E-state index in [-0.39, 0.29) is 5.91 Å². The molecule has 17 heavy (non-hydrogen) atoms. The summed E-state index contributed by atoms with van der Waals surface area (Å²) < 4.78 is 0. The lowest BCUT2D eigenvalue weighted by Gasteiger charge is -1.98. The highest BCUT2D eigenvalue weighted by molar-refractivity contribution is 5.91. The number of nitrogens with one attached hydrogen (secondary N) is 2. The number of rotatable bonds is 4. The van der Waals surface area contributed by atoms with Crippen LogP contribution >= 0.6 is 0 Å². The Kier molecular flexibility index (Phi) is 3.70. The minimum Gasteiger partial charge on any atom is -0.347 e. The number of nitrogens with zero attached hydrogens (tertiary/aromatic N) is 1. The second-order valence-electron chi connectivity index (χ2n) is 3.50. The summed E-state index contributed by atoms with van der Waals surface area (Å²) in [5.41, 5.74) is 1.00. The zero-order chi connectivity index (χ0) is 11.9. The molecule has 2 aromatic rings. The van der Waals surface area contributed by atoms with Gasteiger partial charge in [0.25, 0.3) is 0 Å². The van der Waals surface area contributed by atoms with Crippen molar-refractivity contribution in [3.05, 3.63) is 60.2 Å². The summed E-state index contributed by atoms with van der Waals surface area (Å²) in [5, 5.41) is 2.74. The van der Waals surface area contributed by atoms with E-state index in [1.54, 1.807) is 18.5 Å². The van der Waals surface area contributed by atoms with Crippen LogP contribution in [-0.4, -0.2) is 15.9 Å². The Hall–Kier alpha value is -2.36. The van der Waals surface area contributed by atoms with Crippen molar-refractivity contribution >= 4 is 12.0 Å². The summed E-state index contributed by atoms with van der Waals surface area (Å²) in [5.74, 6) is 0.608. The average molecular weight is 227 g/mol. The van der Waals surface area contributed by atoms with Crippen LogP contribution in [0.15, 0.2) is 48.8 Å². The van der Waals surface area contributed by atoms with Gasteiger partial charge in [-0.15, -0.1) is 0 Å². The van der Waals surface area contributed by atoms with Crippen molar-refractivity contribution in [3.63, 3.8) is 0 Å². The lowest BCUT2D eigenvalue weighted by atomic mass is 10.2. The number of carbonyl (C=O) groups excluding carboxylic acids is 1. The number of aromatic nitrogens is 2. The van der Waals surface area contributed by atoms with E-state index < -0.39 is 0 Å². The monoisotopic (exact) mass is 227 g/mol. The first-order chi connectivity index (χ1) is 8.34. The fourth-order valence-corrected chi connectivity index (χ4v) is 1.36. The largest absolute Gasteiger partial charge is 0.347 e. The van der Waals surface area contributed by atoms with E-state index >= 15 is 0 Å². The van der Waals surface area contributed by atoms with Gasteiger partial charge < -0.3 is 10.3 Å². The molecule has 1 amide bonds. The van der Waals surface area contributed by atoms with Gasteiger partial charge in [-0.25, -0.2) is 4.98 Å². The number of amides is 1. The molecule has 2 N–H and O–H groups in total. The molecule has 0 spiro atoms. The van der Waals surface area contributed by atoms with Gasteiger partial charge >= 0.3 is 0 Å². The predicted molar refractivity (Wildman–Crippen MR) is 65.9 cm³/mol. The van der Waals surface area contributed by atoms with Crippen LogP contribution < -0.4 is 5.32 Å². The highest BCUT2D eigenvalue weighted by atomic mass is 16.1. The van der Waals surface area contributed by atoms with Crippen molar-refractivity contribution in [2.24, 2.45) is 0 Å². The zero-order valence-corrected chi connectivity index (χ0v) is 9.26. The predicted octanol–water partition coefficient (Wildman–Crippen LogP) is 1.74. The van der Waals surface area contributed by atoms with Crippen LogP contribution in [0.2, 0.25) is 0 Å². The Morgan fingerprint density at radius 2 is 2.18 bits per heavy atom. The molecule has 1 heterocycles. The Bertz CT molecular complexity index is 489. The zero-order valence-electron chi connectivity index (χ0n) is 9.26. The first-order valence-corrected chi connectivity index (χ1v) is 5.34. The molecule has 4 heteroatoms. The lowest BCUT2D eigenvalue weighted by molar-refractivity contribution is -0.116. The van der Waals surface area contributed by atoms with Crippen molar-refractivity contribution in [2.75, 3.05) is 0 Å². The Labute approximate surface area is 99.4 Å². The third-order valence-corrected chi connectivity index (χ3v) is 2.21. The SMILES string of the molecule is O=C(C=Cc1ccccc1)NCc1ncc[nH]1. The van der Waals surface area contributed by atoms with Gasteiger partial charge in [0.2, 0.25) is 5.91 Å². The Morgan fingerprint density at radius 3 is 2.88 bits per heavy atom. The first kappa shape index (κ1) is 11.1. The fourth-order valence-electron chi connectivity index (χ4n) is 1.36. The molecule has 0 saturated heterocycles. The summed E-state index contributed by atoms with van der Waals surface area (Å²) >= 11 is 0. The van der Waals surface area contributed by atoms with Gasteiger partial charge in [-0.1, -0.05) is 30.3 Å². The second kappa shape index (κ2) is 5.65. The van der Waals surface area contributed by atoms with E-state index in [0.29, 0.717) is 6.54 Å². The van der Waals surface area contributed by atoms with Crippen LogP contribution in [0.25, 0.3) is 6.08 Å². The molecule has 0 aliphatic heterocycles. The number of carbonyl (C=O) groups is 1. The topological polar surface area (TPSA) is 57.8 Å². The fraction of sp³-hybridized carbons (Fsp3) is 0.0769. The maximum Gasteiger partial charge on any atom is 0.244 e. The Morgan fingerprint density at radius 1 is 1.35 bits per heavy atom. The number of hydrogen-bond acceptors (Lipinski definition) is 2. The maximum atomic E-state index is 11.5. The van der Waals surface area contributed by atoms with Gasteiger partial charge in [-0.2, -0.15) is 0 Å². The molecule has 0 saturated carbocycles. The summed E-state index contributed by atoms with van der Waals surface area (Å²) in [6, 6.07) is 9.68. The van der Waals surface area contributed by atoms with E-state index in [1.807, 2.05) is 30.3 Å². The van der Waals surface area contributed by atoms with Gasteiger partial charge in [-0.3, -0.25) is 4.79 Å². The standard InChI is InChI=1S/C13H13N3O/c17-13(16-10-12-14-8-9-15-12)7-6-11-4-2-1-3-5-11/h1-9H,10H2,(H,14,15)(H,16,17). The second-order valence-corrected chi connectivity index (χ2v) is 3.50. The molecule has 86 valence electrons. The minimum absolute atomic E-state index is 0.134. The summed E-state index contributed by atoms with van der Waals surface area (Å²) in [7, 11) is 0. The summed E-state index contributed by atoms with van der Waals surface area (Å²) in [6.07, 6.45) is 6.67. The molecular weight excluding hydrogens is 214 g/mol. The van der Waals surface area contributed by atoms with Gasteiger partial charge in [0, 0.05) is 18.5 Å². The number of benzene rings is 1. The van der Waals surface area contributed by atoms with Gasteiger partial charge in [-0.05, 0) is 11.6 Å². The lowest BCUT2D eigenvalue weighted by Crippen LogP contribution is -2.20. The van der Waals surface area contributed by atoms with Crippen molar-refractivity contribution in [1.29, 1.82) is 0 Å². The molecule has 1 aromatic carbocycles. The van der Waals surface area contributed by atoms with Crippen LogP contribution in [0.4, 0.5) is 0 Å². The van der Waals surface area contributed by atoms with Crippen LogP contribution in [-0.2, 0) is 11.3 Å². The third kappa shape index (κ3) is 3.61. The van der Waals surface area contributed by atoms with E-state index in [9.17, 15) is 4.79 Å². The van der Waals surface area contributed by atoms with Crippen molar-refractivity contribution in [2.45, 2.75) is 6.54 Å². The molecule has 0 aliphatic carbocycles. The van der Waals surface area contributed by atoms with Crippen molar-refractivity contribution in [1.82, 2.24) is 15.3 Å². The van der Waals surface area contributed by atoms with E-state index in [4.69, 9.17) is 0 Å². The maximum absolute atomic E-state index is 11.5. The minimum atomic E-state index is -0.134. The highest BCUT2D eigenvalue weighted by Gasteiger charge is 1.97. The van der Waals surface area contributed by atoms with Crippen LogP contribution in [0.3, 0.4) is 0 Å². The van der Waals surface area contributed by atoms with Crippen molar-refractivity contribution < 1.29 is 4.79 Å². The summed E-state index contributed by atoms with van der Waals surface area (Å²) in [4.78, 5) is 18.4. The average Bonchev–Trinajstić information content (AvgIpc) is 2.88. The molecule has 0 radical (unpaired) electrons. The highest BCUT2D eigenvalue weighted by Crippen LogP contribution is 2.00.